The van der Waals surface area contributed by atoms with Gasteiger partial charge in [-0.3, -0.25) is 4.79 Å². The van der Waals surface area contributed by atoms with Crippen LogP contribution in [0.1, 0.15) is 19.3 Å². The molecule has 1 saturated heterocycles. The summed E-state index contributed by atoms with van der Waals surface area (Å²) in [5, 5.41) is 0. The Morgan fingerprint density at radius 3 is 2.62 bits per heavy atom. The Balaban J connectivity index is 2.36. The Morgan fingerprint density at radius 2 is 2.08 bits per heavy atom. The van der Waals surface area contributed by atoms with E-state index in [1.54, 1.807) is 7.11 Å². The summed E-state index contributed by atoms with van der Waals surface area (Å²) in [6.45, 7) is 2.03. The van der Waals surface area contributed by atoms with Gasteiger partial charge in [-0.2, -0.15) is 0 Å². The van der Waals surface area contributed by atoms with Crippen molar-refractivity contribution in [2.75, 3.05) is 26.8 Å². The maximum absolute atomic E-state index is 11.6. The predicted octanol–water partition coefficient (Wildman–Crippen LogP) is -0.0274. The molecule has 0 aliphatic carbocycles. The molecule has 1 unspecified atom stereocenters. The van der Waals surface area contributed by atoms with Crippen molar-refractivity contribution < 1.29 is 9.53 Å². The highest BCUT2D eigenvalue weighted by atomic mass is 16.5. The van der Waals surface area contributed by atoms with Crippen LogP contribution in [0.2, 0.25) is 0 Å². The van der Waals surface area contributed by atoms with Gasteiger partial charge < -0.3 is 15.4 Å². The van der Waals surface area contributed by atoms with Gasteiger partial charge in [0, 0.05) is 20.2 Å². The van der Waals surface area contributed by atoms with Gasteiger partial charge >= 0.3 is 0 Å². The smallest absolute Gasteiger partial charge is 0.241 e. The Labute approximate surface area is 79.0 Å². The number of hydrogen-bond acceptors (Lipinski definition) is 3. The molecule has 1 atom stereocenters. The molecule has 1 aliphatic rings. The lowest BCUT2D eigenvalue weighted by atomic mass is 10.1. The van der Waals surface area contributed by atoms with Crippen LogP contribution in [-0.4, -0.2) is 43.7 Å². The third-order valence-corrected chi connectivity index (χ3v) is 2.33. The van der Waals surface area contributed by atoms with Crippen molar-refractivity contribution in [1.29, 1.82) is 0 Å². The molecule has 4 nitrogen and oxygen atoms in total. The summed E-state index contributed by atoms with van der Waals surface area (Å²) >= 11 is 0. The number of nitrogens with zero attached hydrogens (tertiary/aromatic N) is 1. The lowest BCUT2D eigenvalue weighted by molar-refractivity contribution is -0.134. The maximum atomic E-state index is 11.6. The first-order chi connectivity index (χ1) is 6.25. The van der Waals surface area contributed by atoms with E-state index in [4.69, 9.17) is 10.5 Å². The minimum Gasteiger partial charge on any atom is -0.383 e. The van der Waals surface area contributed by atoms with E-state index in [1.807, 2.05) is 4.90 Å². The maximum Gasteiger partial charge on any atom is 0.241 e. The Bertz CT molecular complexity index is 167. The first-order valence-corrected chi connectivity index (χ1v) is 4.79. The van der Waals surface area contributed by atoms with Gasteiger partial charge in [-0.1, -0.05) is 0 Å². The Hall–Kier alpha value is -0.610. The van der Waals surface area contributed by atoms with E-state index in [0.29, 0.717) is 6.61 Å². The van der Waals surface area contributed by atoms with E-state index in [0.717, 1.165) is 25.9 Å². The van der Waals surface area contributed by atoms with Crippen LogP contribution in [0.15, 0.2) is 0 Å². The second-order valence-electron chi connectivity index (χ2n) is 3.45. The fourth-order valence-corrected chi connectivity index (χ4v) is 1.60. The van der Waals surface area contributed by atoms with E-state index >= 15 is 0 Å². The predicted molar refractivity (Wildman–Crippen MR) is 50.3 cm³/mol. The van der Waals surface area contributed by atoms with E-state index in [-0.39, 0.29) is 5.91 Å². The van der Waals surface area contributed by atoms with Gasteiger partial charge in [0.25, 0.3) is 0 Å². The van der Waals surface area contributed by atoms with Gasteiger partial charge in [-0.05, 0) is 19.3 Å². The highest BCUT2D eigenvalue weighted by Gasteiger charge is 2.21. The van der Waals surface area contributed by atoms with Crippen molar-refractivity contribution >= 4 is 5.91 Å². The van der Waals surface area contributed by atoms with Crippen molar-refractivity contribution in [3.8, 4) is 0 Å². The van der Waals surface area contributed by atoms with Gasteiger partial charge in [-0.25, -0.2) is 0 Å². The third-order valence-electron chi connectivity index (χ3n) is 2.33. The third kappa shape index (κ3) is 2.97. The van der Waals surface area contributed by atoms with Crippen LogP contribution in [0.5, 0.6) is 0 Å². The van der Waals surface area contributed by atoms with Crippen LogP contribution in [0.25, 0.3) is 0 Å². The summed E-state index contributed by atoms with van der Waals surface area (Å²) in [6, 6.07) is -0.483. The number of rotatable bonds is 3. The summed E-state index contributed by atoms with van der Waals surface area (Å²) in [5.74, 6) is 0.0292. The summed E-state index contributed by atoms with van der Waals surface area (Å²) in [5.41, 5.74) is 5.64. The quantitative estimate of drug-likeness (QED) is 0.673. The van der Waals surface area contributed by atoms with E-state index in [9.17, 15) is 4.79 Å². The van der Waals surface area contributed by atoms with Crippen LogP contribution in [0.3, 0.4) is 0 Å². The normalized spacial score (nSPS) is 20.0. The summed E-state index contributed by atoms with van der Waals surface area (Å²) < 4.78 is 4.84. The van der Waals surface area contributed by atoms with Crippen LogP contribution in [0.4, 0.5) is 0 Å². The molecule has 0 bridgehead atoms. The molecule has 1 fully saturated rings. The molecule has 0 aromatic rings. The van der Waals surface area contributed by atoms with Crippen LogP contribution < -0.4 is 5.73 Å². The van der Waals surface area contributed by atoms with E-state index in [1.165, 1.54) is 6.42 Å². The molecule has 1 aliphatic heterocycles. The zero-order chi connectivity index (χ0) is 9.68. The van der Waals surface area contributed by atoms with Gasteiger partial charge in [0.15, 0.2) is 0 Å². The molecule has 0 saturated carbocycles. The minimum absolute atomic E-state index is 0.0292. The van der Waals surface area contributed by atoms with Crippen molar-refractivity contribution in [3.63, 3.8) is 0 Å². The number of likely N-dealkylation sites (tertiary alicyclic amines) is 1. The fraction of sp³-hybridized carbons (Fsp3) is 0.889. The molecule has 1 rings (SSSR count). The number of ether oxygens (including phenoxy) is 1. The highest BCUT2D eigenvalue weighted by Crippen LogP contribution is 2.09. The number of carbonyl (C=O) groups is 1. The molecule has 0 aromatic heterocycles. The number of nitrogens with two attached hydrogens (primary N) is 1. The highest BCUT2D eigenvalue weighted by molar-refractivity contribution is 5.81. The van der Waals surface area contributed by atoms with Crippen LogP contribution >= 0.6 is 0 Å². The number of methoxy groups -OCH3 is 1. The zero-order valence-corrected chi connectivity index (χ0v) is 8.16. The number of hydrogen-bond donors (Lipinski definition) is 1. The van der Waals surface area contributed by atoms with Crippen LogP contribution in [-0.2, 0) is 9.53 Å². The van der Waals surface area contributed by atoms with E-state index in [2.05, 4.69) is 0 Å². The first kappa shape index (κ1) is 10.5. The van der Waals surface area contributed by atoms with Gasteiger partial charge in [0.1, 0.15) is 6.04 Å². The largest absolute Gasteiger partial charge is 0.383 e. The lowest BCUT2D eigenvalue weighted by Gasteiger charge is -2.28. The fourth-order valence-electron chi connectivity index (χ4n) is 1.60. The second-order valence-corrected chi connectivity index (χ2v) is 3.45. The molecule has 76 valence electrons. The van der Waals surface area contributed by atoms with E-state index < -0.39 is 6.04 Å². The summed E-state index contributed by atoms with van der Waals surface area (Å²) in [6.07, 6.45) is 3.43. The molecular formula is C9H18N2O2. The lowest BCUT2D eigenvalue weighted by Crippen LogP contribution is -2.47. The molecular weight excluding hydrogens is 168 g/mol. The monoisotopic (exact) mass is 186 g/mol. The van der Waals surface area contributed by atoms with Crippen molar-refractivity contribution in [3.05, 3.63) is 0 Å². The van der Waals surface area contributed by atoms with Gasteiger partial charge in [0.2, 0.25) is 5.91 Å². The van der Waals surface area contributed by atoms with Gasteiger partial charge in [0.05, 0.1) is 6.61 Å². The van der Waals surface area contributed by atoms with Crippen molar-refractivity contribution in [2.24, 2.45) is 5.73 Å². The molecule has 0 radical (unpaired) electrons. The number of piperidine rings is 1. The molecule has 2 N–H and O–H groups in total. The van der Waals surface area contributed by atoms with Crippen molar-refractivity contribution in [2.45, 2.75) is 25.3 Å². The summed E-state index contributed by atoms with van der Waals surface area (Å²) in [4.78, 5) is 13.4. The average Bonchev–Trinajstić information content (AvgIpc) is 2.18. The molecule has 0 spiro atoms. The van der Waals surface area contributed by atoms with Crippen molar-refractivity contribution in [1.82, 2.24) is 4.90 Å². The second kappa shape index (κ2) is 5.19. The minimum atomic E-state index is -0.483. The van der Waals surface area contributed by atoms with Gasteiger partial charge in [-0.15, -0.1) is 0 Å². The Morgan fingerprint density at radius 1 is 1.46 bits per heavy atom. The molecule has 13 heavy (non-hydrogen) atoms. The topological polar surface area (TPSA) is 55.6 Å². The number of amides is 1. The summed E-state index contributed by atoms with van der Waals surface area (Å²) in [7, 11) is 1.56. The number of carbonyl (C=O) groups excluding carboxylic acids is 1. The van der Waals surface area contributed by atoms with Crippen LogP contribution in [0, 0.1) is 0 Å². The molecule has 0 aromatic carbocycles. The zero-order valence-electron chi connectivity index (χ0n) is 8.16. The molecule has 4 heteroatoms. The SMILES string of the molecule is COCC(N)C(=O)N1CCCCC1. The molecule has 1 heterocycles. The molecule has 1 amide bonds. The first-order valence-electron chi connectivity index (χ1n) is 4.79. The standard InChI is InChI=1S/C9H18N2O2/c1-13-7-8(10)9(12)11-5-3-2-4-6-11/h8H,2-7,10H2,1H3. The Kier molecular flexibility index (Phi) is 4.18. The average molecular weight is 186 g/mol.